The maximum atomic E-state index is 13.1. The minimum atomic E-state index is -0.304. The Kier molecular flexibility index (Phi) is 8.31. The molecule has 1 aromatic heterocycles. The van der Waals surface area contributed by atoms with Crippen molar-refractivity contribution in [3.8, 4) is 5.69 Å². The molecular weight excluding hydrogens is 368 g/mol. The summed E-state index contributed by atoms with van der Waals surface area (Å²) in [5.41, 5.74) is 1.49. The largest absolute Gasteiger partial charge is 0.314 e. The number of aryl methyl sites for hydroxylation is 1. The number of anilines is 1. The summed E-state index contributed by atoms with van der Waals surface area (Å²) in [4.78, 5) is 14.4. The smallest absolute Gasteiger partial charge is 0.239 e. The topological polar surface area (TPSA) is 62.2 Å². The molecule has 0 atom stereocenters. The van der Waals surface area contributed by atoms with Gasteiger partial charge in [0, 0.05) is 32.2 Å². The summed E-state index contributed by atoms with van der Waals surface area (Å²) in [6.45, 7) is 5.74. The highest BCUT2D eigenvalue weighted by atomic mass is 35.5. The van der Waals surface area contributed by atoms with Crippen LogP contribution in [-0.2, 0) is 4.79 Å². The molecule has 6 nitrogen and oxygen atoms in total. The van der Waals surface area contributed by atoms with E-state index in [9.17, 15) is 9.18 Å². The van der Waals surface area contributed by atoms with Gasteiger partial charge in [-0.1, -0.05) is 0 Å². The Balaban J connectivity index is 0.00000156. The SMILES string of the molecule is Cc1cc(NC(=O)CN2CCNCC2)n(-c2ccc(F)cc2)n1.Cl.Cl. The second-order valence-electron chi connectivity index (χ2n) is 5.63. The first-order valence-corrected chi connectivity index (χ1v) is 7.67. The lowest BCUT2D eigenvalue weighted by atomic mass is 10.3. The third-order valence-electron chi connectivity index (χ3n) is 3.75. The average Bonchev–Trinajstić information content (AvgIpc) is 2.89. The number of halogens is 3. The van der Waals surface area contributed by atoms with E-state index in [0.717, 1.165) is 31.9 Å². The van der Waals surface area contributed by atoms with Crippen LogP contribution >= 0.6 is 24.8 Å². The van der Waals surface area contributed by atoms with E-state index in [1.165, 1.54) is 12.1 Å². The fraction of sp³-hybridized carbons (Fsp3) is 0.375. The molecule has 0 saturated carbocycles. The van der Waals surface area contributed by atoms with Crippen LogP contribution in [0.3, 0.4) is 0 Å². The number of rotatable bonds is 4. The average molecular weight is 390 g/mol. The van der Waals surface area contributed by atoms with Crippen molar-refractivity contribution in [3.63, 3.8) is 0 Å². The van der Waals surface area contributed by atoms with Crippen molar-refractivity contribution in [2.45, 2.75) is 6.92 Å². The normalized spacial score (nSPS) is 14.3. The van der Waals surface area contributed by atoms with Gasteiger partial charge in [-0.15, -0.1) is 24.8 Å². The number of hydrogen-bond acceptors (Lipinski definition) is 4. The summed E-state index contributed by atoms with van der Waals surface area (Å²) in [6, 6.07) is 7.82. The molecule has 0 unspecified atom stereocenters. The highest BCUT2D eigenvalue weighted by Crippen LogP contribution is 2.17. The van der Waals surface area contributed by atoms with Gasteiger partial charge < -0.3 is 10.6 Å². The zero-order valence-electron chi connectivity index (χ0n) is 13.9. The second-order valence-corrected chi connectivity index (χ2v) is 5.63. The van der Waals surface area contributed by atoms with Gasteiger partial charge in [-0.2, -0.15) is 5.10 Å². The first kappa shape index (κ1) is 21.4. The number of carbonyl (C=O) groups excluding carboxylic acids is 1. The van der Waals surface area contributed by atoms with E-state index in [4.69, 9.17) is 0 Å². The maximum absolute atomic E-state index is 13.1. The predicted octanol–water partition coefficient (Wildman–Crippen LogP) is 2.01. The predicted molar refractivity (Wildman–Crippen MR) is 101 cm³/mol. The molecule has 1 amide bonds. The molecule has 1 aromatic carbocycles. The van der Waals surface area contributed by atoms with E-state index in [-0.39, 0.29) is 36.5 Å². The van der Waals surface area contributed by atoms with Gasteiger partial charge in [0.1, 0.15) is 11.6 Å². The third kappa shape index (κ3) is 5.67. The second kappa shape index (κ2) is 9.72. The van der Waals surface area contributed by atoms with Crippen molar-refractivity contribution in [1.82, 2.24) is 20.0 Å². The van der Waals surface area contributed by atoms with Crippen LogP contribution < -0.4 is 10.6 Å². The van der Waals surface area contributed by atoms with Gasteiger partial charge in [-0.3, -0.25) is 9.69 Å². The number of aromatic nitrogens is 2. The molecule has 0 bridgehead atoms. The van der Waals surface area contributed by atoms with Crippen LogP contribution in [0.2, 0.25) is 0 Å². The molecule has 2 N–H and O–H groups in total. The number of hydrogen-bond donors (Lipinski definition) is 2. The molecule has 1 saturated heterocycles. The van der Waals surface area contributed by atoms with Gasteiger partial charge in [0.05, 0.1) is 17.9 Å². The van der Waals surface area contributed by atoms with Crippen LogP contribution in [0, 0.1) is 12.7 Å². The minimum Gasteiger partial charge on any atom is -0.314 e. The van der Waals surface area contributed by atoms with Crippen LogP contribution in [0.1, 0.15) is 5.69 Å². The Morgan fingerprint density at radius 2 is 1.88 bits per heavy atom. The van der Waals surface area contributed by atoms with Crippen LogP contribution in [0.25, 0.3) is 5.69 Å². The molecular formula is C16H22Cl2FN5O. The van der Waals surface area contributed by atoms with Crippen molar-refractivity contribution in [1.29, 1.82) is 0 Å². The van der Waals surface area contributed by atoms with Crippen molar-refractivity contribution in [2.75, 3.05) is 38.0 Å². The fourth-order valence-corrected chi connectivity index (χ4v) is 2.62. The van der Waals surface area contributed by atoms with E-state index < -0.39 is 0 Å². The molecule has 0 aliphatic carbocycles. The monoisotopic (exact) mass is 389 g/mol. The molecule has 1 aliphatic rings. The lowest BCUT2D eigenvalue weighted by Crippen LogP contribution is -2.46. The minimum absolute atomic E-state index is 0. The Morgan fingerprint density at radius 3 is 2.52 bits per heavy atom. The Morgan fingerprint density at radius 1 is 1.24 bits per heavy atom. The van der Waals surface area contributed by atoms with Gasteiger partial charge in [0.2, 0.25) is 5.91 Å². The van der Waals surface area contributed by atoms with Gasteiger partial charge >= 0.3 is 0 Å². The van der Waals surface area contributed by atoms with Gasteiger partial charge in [0.15, 0.2) is 0 Å². The lowest BCUT2D eigenvalue weighted by molar-refractivity contribution is -0.117. The molecule has 1 fully saturated rings. The van der Waals surface area contributed by atoms with Crippen molar-refractivity contribution < 1.29 is 9.18 Å². The number of amides is 1. The van der Waals surface area contributed by atoms with Gasteiger partial charge in [0.25, 0.3) is 0 Å². The summed E-state index contributed by atoms with van der Waals surface area (Å²) in [7, 11) is 0. The van der Waals surface area contributed by atoms with E-state index in [1.54, 1.807) is 22.9 Å². The molecule has 0 spiro atoms. The first-order chi connectivity index (χ1) is 11.1. The lowest BCUT2D eigenvalue weighted by Gasteiger charge is -2.26. The van der Waals surface area contributed by atoms with Gasteiger partial charge in [-0.05, 0) is 31.2 Å². The Labute approximate surface area is 158 Å². The third-order valence-corrected chi connectivity index (χ3v) is 3.75. The molecule has 9 heteroatoms. The van der Waals surface area contributed by atoms with Crippen molar-refractivity contribution >= 4 is 36.5 Å². The quantitative estimate of drug-likeness (QED) is 0.839. The highest BCUT2D eigenvalue weighted by Gasteiger charge is 2.16. The molecule has 2 aromatic rings. The Hall–Kier alpha value is -1.67. The summed E-state index contributed by atoms with van der Waals surface area (Å²) in [5, 5.41) is 10.5. The van der Waals surface area contributed by atoms with Crippen molar-refractivity contribution in [3.05, 3.63) is 41.8 Å². The van der Waals surface area contributed by atoms with Gasteiger partial charge in [-0.25, -0.2) is 9.07 Å². The van der Waals surface area contributed by atoms with E-state index >= 15 is 0 Å². The molecule has 1 aliphatic heterocycles. The summed E-state index contributed by atoms with van der Waals surface area (Å²) in [5.74, 6) is 0.214. The number of carbonyl (C=O) groups is 1. The molecule has 25 heavy (non-hydrogen) atoms. The molecule has 138 valence electrons. The molecule has 2 heterocycles. The first-order valence-electron chi connectivity index (χ1n) is 7.67. The number of nitrogens with one attached hydrogen (secondary N) is 2. The van der Waals surface area contributed by atoms with Crippen LogP contribution in [-0.4, -0.2) is 53.3 Å². The van der Waals surface area contributed by atoms with Crippen LogP contribution in [0.5, 0.6) is 0 Å². The van der Waals surface area contributed by atoms with Crippen molar-refractivity contribution in [2.24, 2.45) is 0 Å². The van der Waals surface area contributed by atoms with Crippen LogP contribution in [0.4, 0.5) is 10.2 Å². The number of benzene rings is 1. The standard InChI is InChI=1S/C16H20FN5O.2ClH/c1-12-10-15(19-16(23)11-21-8-6-18-7-9-21)22(20-12)14-4-2-13(17)3-5-14;;/h2-5,10,18H,6-9,11H2,1H3,(H,19,23);2*1H. The fourth-order valence-electron chi connectivity index (χ4n) is 2.62. The summed E-state index contributed by atoms with van der Waals surface area (Å²) >= 11 is 0. The molecule has 0 radical (unpaired) electrons. The maximum Gasteiger partial charge on any atom is 0.239 e. The van der Waals surface area contributed by atoms with E-state index in [0.29, 0.717) is 18.1 Å². The number of nitrogens with zero attached hydrogens (tertiary/aromatic N) is 3. The van der Waals surface area contributed by atoms with Crippen LogP contribution in [0.15, 0.2) is 30.3 Å². The zero-order valence-corrected chi connectivity index (χ0v) is 15.5. The van der Waals surface area contributed by atoms with E-state index in [1.807, 2.05) is 6.92 Å². The summed E-state index contributed by atoms with van der Waals surface area (Å²) in [6.07, 6.45) is 0. The zero-order chi connectivity index (χ0) is 16.2. The number of piperazine rings is 1. The van der Waals surface area contributed by atoms with E-state index in [2.05, 4.69) is 20.6 Å². The Bertz CT molecular complexity index is 686. The molecule has 3 rings (SSSR count). The highest BCUT2D eigenvalue weighted by molar-refractivity contribution is 5.91. The summed E-state index contributed by atoms with van der Waals surface area (Å²) < 4.78 is 14.7.